The normalized spacial score (nSPS) is 9.62. The van der Waals surface area contributed by atoms with E-state index in [2.05, 4.69) is 0 Å². The molecule has 0 atom stereocenters. The summed E-state index contributed by atoms with van der Waals surface area (Å²) >= 11 is 0. The molecule has 0 saturated heterocycles. The van der Waals surface area contributed by atoms with Crippen molar-refractivity contribution in [1.82, 2.24) is 4.90 Å². The molecule has 2 nitrogen and oxygen atoms in total. The minimum Gasteiger partial charge on any atom is -0.343 e. The fourth-order valence-electron chi connectivity index (χ4n) is 0.888. The molecule has 0 aliphatic heterocycles. The van der Waals surface area contributed by atoms with Crippen LogP contribution in [0.15, 0.2) is 11.9 Å². The zero-order chi connectivity index (χ0) is 10.4. The zero-order valence-electron chi connectivity index (χ0n) is 7.61. The Hall–Kier alpha value is -1.00. The lowest BCUT2D eigenvalue weighted by molar-refractivity contribution is -0.130. The van der Waals surface area contributed by atoms with E-state index in [1.165, 1.54) is 4.90 Å². The fourth-order valence-corrected chi connectivity index (χ4v) is 0.888. The number of rotatable bonds is 4. The van der Waals surface area contributed by atoms with Crippen LogP contribution in [0.5, 0.6) is 0 Å². The van der Waals surface area contributed by atoms with E-state index < -0.39 is 24.2 Å². The Morgan fingerprint density at radius 3 is 1.92 bits per heavy atom. The largest absolute Gasteiger partial charge is 0.343 e. The molecular formula is C8H12F3NO. The zero-order valence-corrected chi connectivity index (χ0v) is 7.61. The molecule has 13 heavy (non-hydrogen) atoms. The third-order valence-corrected chi connectivity index (χ3v) is 1.63. The van der Waals surface area contributed by atoms with Crippen molar-refractivity contribution in [3.8, 4) is 0 Å². The van der Waals surface area contributed by atoms with Crippen LogP contribution in [-0.4, -0.2) is 23.9 Å². The van der Waals surface area contributed by atoms with Gasteiger partial charge in [0.25, 0.3) is 0 Å². The van der Waals surface area contributed by atoms with Crippen LogP contribution in [0, 0.1) is 0 Å². The van der Waals surface area contributed by atoms with E-state index >= 15 is 0 Å². The monoisotopic (exact) mass is 195 g/mol. The summed E-state index contributed by atoms with van der Waals surface area (Å²) in [5.74, 6) is -2.26. The first-order valence-corrected chi connectivity index (χ1v) is 4.00. The van der Waals surface area contributed by atoms with Crippen LogP contribution in [0.4, 0.5) is 13.2 Å². The highest BCUT2D eigenvalue weighted by Crippen LogP contribution is 2.14. The van der Waals surface area contributed by atoms with E-state index in [9.17, 15) is 18.0 Å². The first-order chi connectivity index (χ1) is 6.02. The van der Waals surface area contributed by atoms with Crippen molar-refractivity contribution >= 4 is 5.91 Å². The van der Waals surface area contributed by atoms with Crippen molar-refractivity contribution in [2.24, 2.45) is 0 Å². The molecule has 0 spiro atoms. The first kappa shape index (κ1) is 12.0. The highest BCUT2D eigenvalue weighted by molar-refractivity contribution is 5.78. The van der Waals surface area contributed by atoms with Crippen molar-refractivity contribution in [3.63, 3.8) is 0 Å². The molecule has 0 aliphatic rings. The second-order valence-corrected chi connectivity index (χ2v) is 2.41. The van der Waals surface area contributed by atoms with Crippen molar-refractivity contribution < 1.29 is 18.0 Å². The highest BCUT2D eigenvalue weighted by Gasteiger charge is 2.15. The summed E-state index contributed by atoms with van der Waals surface area (Å²) in [7, 11) is 0. The molecule has 0 heterocycles. The summed E-state index contributed by atoms with van der Waals surface area (Å²) in [6.45, 7) is 4.21. The quantitative estimate of drug-likeness (QED) is 0.674. The average molecular weight is 195 g/mol. The van der Waals surface area contributed by atoms with Gasteiger partial charge >= 0.3 is 6.08 Å². The SMILES string of the molecule is CCN(CC)C(=O)CC(F)=C(F)F. The highest BCUT2D eigenvalue weighted by atomic mass is 19.3. The van der Waals surface area contributed by atoms with Crippen molar-refractivity contribution in [3.05, 3.63) is 11.9 Å². The van der Waals surface area contributed by atoms with Crippen molar-refractivity contribution in [1.29, 1.82) is 0 Å². The standard InChI is InChI=1S/C8H12F3NO/c1-3-12(4-2)7(13)5-6(9)8(10)11/h3-5H2,1-2H3. The van der Waals surface area contributed by atoms with Gasteiger partial charge in [-0.2, -0.15) is 8.78 Å². The van der Waals surface area contributed by atoms with Gasteiger partial charge in [0.2, 0.25) is 5.91 Å². The van der Waals surface area contributed by atoms with Crippen LogP contribution in [0.1, 0.15) is 20.3 Å². The summed E-state index contributed by atoms with van der Waals surface area (Å²) in [5, 5.41) is 0. The second-order valence-electron chi connectivity index (χ2n) is 2.41. The van der Waals surface area contributed by atoms with Crippen LogP contribution in [-0.2, 0) is 4.79 Å². The van der Waals surface area contributed by atoms with Crippen LogP contribution in [0.2, 0.25) is 0 Å². The molecule has 0 aromatic rings. The number of halogens is 3. The number of nitrogens with zero attached hydrogens (tertiary/aromatic N) is 1. The summed E-state index contributed by atoms with van der Waals surface area (Å²) in [6.07, 6.45) is -3.26. The molecule has 1 amide bonds. The van der Waals surface area contributed by atoms with E-state index in [1.54, 1.807) is 13.8 Å². The second kappa shape index (κ2) is 5.61. The van der Waals surface area contributed by atoms with Gasteiger partial charge in [0, 0.05) is 13.1 Å². The van der Waals surface area contributed by atoms with Gasteiger partial charge in [-0.25, -0.2) is 4.39 Å². The van der Waals surface area contributed by atoms with Gasteiger partial charge in [-0.15, -0.1) is 0 Å². The van der Waals surface area contributed by atoms with Crippen LogP contribution in [0.25, 0.3) is 0 Å². The Balaban J connectivity index is 4.22. The first-order valence-electron chi connectivity index (χ1n) is 4.00. The van der Waals surface area contributed by atoms with Gasteiger partial charge in [0.1, 0.15) is 0 Å². The molecule has 0 radical (unpaired) electrons. The molecule has 0 aliphatic carbocycles. The predicted octanol–water partition coefficient (Wildman–Crippen LogP) is 2.32. The third-order valence-electron chi connectivity index (χ3n) is 1.63. The van der Waals surface area contributed by atoms with E-state index in [-0.39, 0.29) is 0 Å². The van der Waals surface area contributed by atoms with Crippen LogP contribution in [0.3, 0.4) is 0 Å². The minimum atomic E-state index is -2.42. The molecule has 76 valence electrons. The minimum absolute atomic E-state index is 0.399. The van der Waals surface area contributed by atoms with Crippen LogP contribution < -0.4 is 0 Å². The molecule has 5 heteroatoms. The van der Waals surface area contributed by atoms with E-state index in [4.69, 9.17) is 0 Å². The van der Waals surface area contributed by atoms with Crippen molar-refractivity contribution in [2.75, 3.05) is 13.1 Å². The summed E-state index contributed by atoms with van der Waals surface area (Å²) in [5.41, 5.74) is 0. The molecule has 0 N–H and O–H groups in total. The lowest BCUT2D eigenvalue weighted by Gasteiger charge is -2.17. The lowest BCUT2D eigenvalue weighted by Crippen LogP contribution is -2.30. The Bertz CT molecular complexity index is 207. The Labute approximate surface area is 75.0 Å². The maximum Gasteiger partial charge on any atom is 0.302 e. The van der Waals surface area contributed by atoms with Crippen LogP contribution >= 0.6 is 0 Å². The Morgan fingerprint density at radius 1 is 1.15 bits per heavy atom. The Morgan fingerprint density at radius 2 is 1.62 bits per heavy atom. The molecule has 0 aromatic heterocycles. The molecular weight excluding hydrogens is 183 g/mol. The average Bonchev–Trinajstić information content (AvgIpc) is 2.06. The van der Waals surface area contributed by atoms with Gasteiger partial charge < -0.3 is 4.90 Å². The summed E-state index contributed by atoms with van der Waals surface area (Å²) < 4.78 is 35.5. The number of carbonyl (C=O) groups is 1. The summed E-state index contributed by atoms with van der Waals surface area (Å²) in [6, 6.07) is 0. The van der Waals surface area contributed by atoms with Crippen molar-refractivity contribution in [2.45, 2.75) is 20.3 Å². The van der Waals surface area contributed by atoms with Gasteiger partial charge in [-0.1, -0.05) is 0 Å². The summed E-state index contributed by atoms with van der Waals surface area (Å²) in [4.78, 5) is 12.3. The number of hydrogen-bond donors (Lipinski definition) is 0. The van der Waals surface area contributed by atoms with E-state index in [1.807, 2.05) is 0 Å². The van der Waals surface area contributed by atoms with Gasteiger partial charge in [0.15, 0.2) is 5.83 Å². The molecule has 0 aromatic carbocycles. The number of hydrogen-bond acceptors (Lipinski definition) is 1. The van der Waals surface area contributed by atoms with E-state index in [0.29, 0.717) is 13.1 Å². The topological polar surface area (TPSA) is 20.3 Å². The van der Waals surface area contributed by atoms with E-state index in [0.717, 1.165) is 0 Å². The smallest absolute Gasteiger partial charge is 0.302 e. The molecule has 0 rings (SSSR count). The third kappa shape index (κ3) is 3.96. The van der Waals surface area contributed by atoms with Gasteiger partial charge in [-0.05, 0) is 13.8 Å². The maximum absolute atomic E-state index is 12.3. The molecule has 0 saturated carbocycles. The number of amides is 1. The Kier molecular flexibility index (Phi) is 5.18. The number of carbonyl (C=O) groups excluding carboxylic acids is 1. The fraction of sp³-hybridized carbons (Fsp3) is 0.625. The molecule has 0 unspecified atom stereocenters. The maximum atomic E-state index is 12.3. The lowest BCUT2D eigenvalue weighted by atomic mass is 10.3. The molecule has 0 fully saturated rings. The predicted molar refractivity (Wildman–Crippen MR) is 42.9 cm³/mol. The molecule has 0 bridgehead atoms. The van der Waals surface area contributed by atoms with Gasteiger partial charge in [0.05, 0.1) is 6.42 Å². The van der Waals surface area contributed by atoms with Gasteiger partial charge in [-0.3, -0.25) is 4.79 Å².